The summed E-state index contributed by atoms with van der Waals surface area (Å²) in [5, 5.41) is 0. The van der Waals surface area contributed by atoms with Crippen molar-refractivity contribution in [1.29, 1.82) is 0 Å². The van der Waals surface area contributed by atoms with E-state index in [-0.39, 0.29) is 0 Å². The molecule has 1 aliphatic rings. The number of hydrogen-bond donors (Lipinski definition) is 0. The highest BCUT2D eigenvalue weighted by molar-refractivity contribution is 4.85. The van der Waals surface area contributed by atoms with Gasteiger partial charge >= 0.3 is 0 Å². The second-order valence-electron chi connectivity index (χ2n) is 6.31. The van der Waals surface area contributed by atoms with E-state index in [4.69, 9.17) is 0 Å². The Bertz CT molecular complexity index is 173. The van der Waals surface area contributed by atoms with Crippen molar-refractivity contribution in [3.8, 4) is 0 Å². The fraction of sp³-hybridized carbons (Fsp3) is 1.00. The van der Waals surface area contributed by atoms with Gasteiger partial charge in [0.25, 0.3) is 0 Å². The Hall–Kier alpha value is 0. The van der Waals surface area contributed by atoms with E-state index in [9.17, 15) is 0 Å². The van der Waals surface area contributed by atoms with Crippen LogP contribution in [0.5, 0.6) is 0 Å². The van der Waals surface area contributed by atoms with Crippen LogP contribution in [0.1, 0.15) is 91.4 Å². The second kappa shape index (κ2) is 9.00. The molecule has 102 valence electrons. The fourth-order valence-electron chi connectivity index (χ4n) is 3.42. The third-order valence-corrected chi connectivity index (χ3v) is 4.95. The van der Waals surface area contributed by atoms with Gasteiger partial charge in [-0.1, -0.05) is 85.0 Å². The summed E-state index contributed by atoms with van der Waals surface area (Å²) in [6, 6.07) is 0. The zero-order valence-corrected chi connectivity index (χ0v) is 12.5. The number of unbranched alkanes of at least 4 members (excludes halogenated alkanes) is 6. The van der Waals surface area contributed by atoms with Crippen molar-refractivity contribution >= 4 is 0 Å². The summed E-state index contributed by atoms with van der Waals surface area (Å²) in [5.41, 5.74) is 0. The Morgan fingerprint density at radius 2 is 1.24 bits per heavy atom. The highest BCUT2D eigenvalue weighted by atomic mass is 14.4. The van der Waals surface area contributed by atoms with Crippen molar-refractivity contribution in [1.82, 2.24) is 0 Å². The first-order valence-electron chi connectivity index (χ1n) is 8.29. The van der Waals surface area contributed by atoms with E-state index in [1.54, 1.807) is 6.42 Å². The van der Waals surface area contributed by atoms with Crippen molar-refractivity contribution in [2.24, 2.45) is 17.8 Å². The summed E-state index contributed by atoms with van der Waals surface area (Å²) in [6.45, 7) is 7.12. The average Bonchev–Trinajstić information content (AvgIpc) is 2.35. The molecular weight excluding hydrogens is 204 g/mol. The monoisotopic (exact) mass is 238 g/mol. The largest absolute Gasteiger partial charge is 0.0654 e. The van der Waals surface area contributed by atoms with Crippen LogP contribution >= 0.6 is 0 Å². The second-order valence-corrected chi connectivity index (χ2v) is 6.31. The Morgan fingerprint density at radius 3 is 1.82 bits per heavy atom. The molecule has 0 aromatic heterocycles. The van der Waals surface area contributed by atoms with Crippen LogP contribution in [0.3, 0.4) is 0 Å². The highest BCUT2D eigenvalue weighted by Gasteiger charge is 2.35. The first-order valence-corrected chi connectivity index (χ1v) is 8.29. The summed E-state index contributed by atoms with van der Waals surface area (Å²) in [4.78, 5) is 0. The molecule has 3 unspecified atom stereocenters. The van der Waals surface area contributed by atoms with Gasteiger partial charge in [-0.2, -0.15) is 0 Å². The molecule has 0 N–H and O–H groups in total. The minimum absolute atomic E-state index is 1.04. The summed E-state index contributed by atoms with van der Waals surface area (Å²) in [7, 11) is 0. The van der Waals surface area contributed by atoms with Crippen LogP contribution < -0.4 is 0 Å². The molecule has 0 aromatic rings. The van der Waals surface area contributed by atoms with E-state index >= 15 is 0 Å². The standard InChI is InChI=1S/C17H34/c1-4-6-8-9-10-11-13-17-14-16(15(17)3)12-7-5-2/h15-17H,4-14H2,1-3H3. The van der Waals surface area contributed by atoms with Crippen molar-refractivity contribution in [3.05, 3.63) is 0 Å². The van der Waals surface area contributed by atoms with Gasteiger partial charge in [0.1, 0.15) is 0 Å². The summed E-state index contributed by atoms with van der Waals surface area (Å²) < 4.78 is 0. The van der Waals surface area contributed by atoms with E-state index in [0.717, 1.165) is 17.8 Å². The molecule has 0 amide bonds. The topological polar surface area (TPSA) is 0 Å². The average molecular weight is 238 g/mol. The van der Waals surface area contributed by atoms with Gasteiger partial charge in [-0.25, -0.2) is 0 Å². The predicted octanol–water partition coefficient (Wildman–Crippen LogP) is 6.20. The molecule has 1 fully saturated rings. The lowest BCUT2D eigenvalue weighted by Crippen LogP contribution is -2.34. The van der Waals surface area contributed by atoms with Gasteiger partial charge in [-0.3, -0.25) is 0 Å². The molecule has 0 radical (unpaired) electrons. The van der Waals surface area contributed by atoms with Crippen molar-refractivity contribution in [2.45, 2.75) is 91.4 Å². The van der Waals surface area contributed by atoms with Crippen LogP contribution in [0.2, 0.25) is 0 Å². The summed E-state index contributed by atoms with van der Waals surface area (Å²) in [5.74, 6) is 3.21. The minimum atomic E-state index is 1.04. The normalized spacial score (nSPS) is 28.1. The Balaban J connectivity index is 1.92. The highest BCUT2D eigenvalue weighted by Crippen LogP contribution is 2.45. The van der Waals surface area contributed by atoms with E-state index in [1.165, 1.54) is 64.2 Å². The van der Waals surface area contributed by atoms with Crippen LogP contribution in [-0.2, 0) is 0 Å². The third-order valence-electron chi connectivity index (χ3n) is 4.95. The molecular formula is C17H34. The number of hydrogen-bond acceptors (Lipinski definition) is 0. The Morgan fingerprint density at radius 1 is 0.706 bits per heavy atom. The first kappa shape index (κ1) is 15.1. The molecule has 0 aromatic carbocycles. The molecule has 1 saturated carbocycles. The summed E-state index contributed by atoms with van der Waals surface area (Å²) >= 11 is 0. The van der Waals surface area contributed by atoms with Crippen LogP contribution in [0.25, 0.3) is 0 Å². The molecule has 0 bridgehead atoms. The number of rotatable bonds is 10. The molecule has 0 aliphatic heterocycles. The van der Waals surface area contributed by atoms with Crippen LogP contribution in [-0.4, -0.2) is 0 Å². The van der Waals surface area contributed by atoms with E-state index < -0.39 is 0 Å². The van der Waals surface area contributed by atoms with Crippen molar-refractivity contribution in [3.63, 3.8) is 0 Å². The zero-order chi connectivity index (χ0) is 12.5. The lowest BCUT2D eigenvalue weighted by molar-refractivity contribution is 0.0687. The van der Waals surface area contributed by atoms with Gasteiger partial charge in [0.2, 0.25) is 0 Å². The van der Waals surface area contributed by atoms with Crippen molar-refractivity contribution in [2.75, 3.05) is 0 Å². The molecule has 0 heteroatoms. The first-order chi connectivity index (χ1) is 8.29. The molecule has 1 rings (SSSR count). The van der Waals surface area contributed by atoms with E-state index in [1.807, 2.05) is 0 Å². The van der Waals surface area contributed by atoms with Crippen LogP contribution in [0.15, 0.2) is 0 Å². The molecule has 0 saturated heterocycles. The predicted molar refractivity (Wildman–Crippen MR) is 78.3 cm³/mol. The smallest absolute Gasteiger partial charge is 0.0383 e. The summed E-state index contributed by atoms with van der Waals surface area (Å²) in [6.07, 6.45) is 16.2. The van der Waals surface area contributed by atoms with Crippen molar-refractivity contribution < 1.29 is 0 Å². The molecule has 0 nitrogen and oxygen atoms in total. The Kier molecular flexibility index (Phi) is 7.97. The SMILES string of the molecule is CCCCCCCCC1CC(CCCC)C1C. The van der Waals surface area contributed by atoms with E-state index in [0.29, 0.717) is 0 Å². The maximum Gasteiger partial charge on any atom is -0.0383 e. The maximum absolute atomic E-state index is 2.51. The quantitative estimate of drug-likeness (QED) is 0.397. The van der Waals surface area contributed by atoms with E-state index in [2.05, 4.69) is 20.8 Å². The lowest BCUT2D eigenvalue weighted by Gasteiger charge is -2.43. The molecule has 1 aliphatic carbocycles. The van der Waals surface area contributed by atoms with Gasteiger partial charge in [0.05, 0.1) is 0 Å². The molecule has 17 heavy (non-hydrogen) atoms. The van der Waals surface area contributed by atoms with Gasteiger partial charge in [0, 0.05) is 0 Å². The van der Waals surface area contributed by atoms with Gasteiger partial charge < -0.3 is 0 Å². The zero-order valence-electron chi connectivity index (χ0n) is 12.5. The lowest BCUT2D eigenvalue weighted by atomic mass is 9.62. The van der Waals surface area contributed by atoms with Crippen LogP contribution in [0, 0.1) is 17.8 Å². The maximum atomic E-state index is 2.51. The van der Waals surface area contributed by atoms with Gasteiger partial charge in [0.15, 0.2) is 0 Å². The minimum Gasteiger partial charge on any atom is -0.0654 e. The molecule has 3 atom stereocenters. The fourth-order valence-corrected chi connectivity index (χ4v) is 3.42. The third kappa shape index (κ3) is 5.44. The molecule has 0 spiro atoms. The van der Waals surface area contributed by atoms with Gasteiger partial charge in [-0.15, -0.1) is 0 Å². The Labute approximate surface area is 110 Å². The molecule has 0 heterocycles. The van der Waals surface area contributed by atoms with Crippen LogP contribution in [0.4, 0.5) is 0 Å². The van der Waals surface area contributed by atoms with Gasteiger partial charge in [-0.05, 0) is 24.2 Å².